The summed E-state index contributed by atoms with van der Waals surface area (Å²) in [7, 11) is 0. The van der Waals surface area contributed by atoms with Crippen LogP contribution in [0.2, 0.25) is 0 Å². The molecule has 0 aromatic rings. The van der Waals surface area contributed by atoms with Crippen molar-refractivity contribution in [3.63, 3.8) is 0 Å². The van der Waals surface area contributed by atoms with E-state index in [1.807, 2.05) is 0 Å². The molecule has 2 heterocycles. The number of hydrogen-bond acceptors (Lipinski definition) is 3. The summed E-state index contributed by atoms with van der Waals surface area (Å²) in [5.74, 6) is 0.989. The van der Waals surface area contributed by atoms with Crippen molar-refractivity contribution in [1.82, 2.24) is 15.5 Å². The SMILES string of the molecule is CC1CCCN(CC(C)NC(=O)[C@@H]2CCCN2)C1. The van der Waals surface area contributed by atoms with Crippen LogP contribution in [-0.4, -0.2) is 49.1 Å². The van der Waals surface area contributed by atoms with Gasteiger partial charge < -0.3 is 15.5 Å². The van der Waals surface area contributed by atoms with Crippen LogP contribution in [0.4, 0.5) is 0 Å². The first-order chi connectivity index (χ1) is 8.65. The van der Waals surface area contributed by atoms with Crippen LogP contribution in [0.25, 0.3) is 0 Å². The number of amides is 1. The Labute approximate surface area is 110 Å². The van der Waals surface area contributed by atoms with Crippen molar-refractivity contribution >= 4 is 5.91 Å². The van der Waals surface area contributed by atoms with Crippen molar-refractivity contribution in [3.05, 3.63) is 0 Å². The molecule has 104 valence electrons. The lowest BCUT2D eigenvalue weighted by Crippen LogP contribution is -2.49. The molecule has 2 unspecified atom stereocenters. The maximum Gasteiger partial charge on any atom is 0.237 e. The van der Waals surface area contributed by atoms with Crippen molar-refractivity contribution in [1.29, 1.82) is 0 Å². The molecule has 0 aromatic heterocycles. The van der Waals surface area contributed by atoms with Gasteiger partial charge >= 0.3 is 0 Å². The quantitative estimate of drug-likeness (QED) is 0.785. The number of hydrogen-bond donors (Lipinski definition) is 2. The van der Waals surface area contributed by atoms with Gasteiger partial charge in [-0.3, -0.25) is 4.79 Å². The highest BCUT2D eigenvalue weighted by atomic mass is 16.2. The molecule has 2 aliphatic heterocycles. The zero-order valence-corrected chi connectivity index (χ0v) is 11.7. The van der Waals surface area contributed by atoms with Gasteiger partial charge in [0.1, 0.15) is 0 Å². The molecule has 4 nitrogen and oxygen atoms in total. The summed E-state index contributed by atoms with van der Waals surface area (Å²) in [6.07, 6.45) is 4.75. The maximum atomic E-state index is 12.0. The van der Waals surface area contributed by atoms with Crippen molar-refractivity contribution in [2.24, 2.45) is 5.92 Å². The molecule has 0 aliphatic carbocycles. The van der Waals surface area contributed by atoms with E-state index in [1.54, 1.807) is 0 Å². The normalized spacial score (nSPS) is 31.2. The van der Waals surface area contributed by atoms with Crippen molar-refractivity contribution in [2.45, 2.75) is 51.6 Å². The minimum Gasteiger partial charge on any atom is -0.351 e. The second-order valence-electron chi connectivity index (χ2n) is 6.07. The second kappa shape index (κ2) is 6.53. The van der Waals surface area contributed by atoms with E-state index in [0.717, 1.165) is 31.8 Å². The maximum absolute atomic E-state index is 12.0. The van der Waals surface area contributed by atoms with Crippen molar-refractivity contribution in [2.75, 3.05) is 26.2 Å². The summed E-state index contributed by atoms with van der Waals surface area (Å²) in [5.41, 5.74) is 0. The molecule has 0 radical (unpaired) electrons. The number of piperidine rings is 1. The summed E-state index contributed by atoms with van der Waals surface area (Å²) in [5, 5.41) is 6.39. The Morgan fingerprint density at radius 3 is 2.94 bits per heavy atom. The minimum atomic E-state index is 0.0488. The van der Waals surface area contributed by atoms with Gasteiger partial charge in [-0.15, -0.1) is 0 Å². The lowest BCUT2D eigenvalue weighted by Gasteiger charge is -2.33. The zero-order chi connectivity index (χ0) is 13.0. The lowest BCUT2D eigenvalue weighted by atomic mass is 10.00. The topological polar surface area (TPSA) is 44.4 Å². The zero-order valence-electron chi connectivity index (χ0n) is 11.7. The van der Waals surface area contributed by atoms with Crippen molar-refractivity contribution < 1.29 is 4.79 Å². The number of rotatable bonds is 4. The number of carbonyl (C=O) groups is 1. The van der Waals surface area contributed by atoms with Gasteiger partial charge in [0.25, 0.3) is 0 Å². The summed E-state index contributed by atoms with van der Waals surface area (Å²) in [6, 6.07) is 0.304. The van der Waals surface area contributed by atoms with Crippen LogP contribution >= 0.6 is 0 Å². The average Bonchev–Trinajstić information content (AvgIpc) is 2.81. The predicted octanol–water partition coefficient (Wildman–Crippen LogP) is 0.975. The van der Waals surface area contributed by atoms with E-state index in [4.69, 9.17) is 0 Å². The van der Waals surface area contributed by atoms with E-state index in [1.165, 1.54) is 25.9 Å². The Morgan fingerprint density at radius 2 is 2.28 bits per heavy atom. The molecule has 0 saturated carbocycles. The van der Waals surface area contributed by atoms with Gasteiger partial charge in [0.2, 0.25) is 5.91 Å². The third-order valence-corrected chi connectivity index (χ3v) is 4.04. The first-order valence-electron chi connectivity index (χ1n) is 7.41. The molecule has 0 spiro atoms. The third kappa shape index (κ3) is 3.95. The standard InChI is InChI=1S/C14H27N3O/c1-11-5-4-8-17(9-11)10-12(2)16-14(18)13-6-3-7-15-13/h11-13,15H,3-10H2,1-2H3,(H,16,18)/t11?,12?,13-/m0/s1. The highest BCUT2D eigenvalue weighted by molar-refractivity contribution is 5.82. The Balaban J connectivity index is 1.70. The summed E-state index contributed by atoms with van der Waals surface area (Å²) >= 11 is 0. The Bertz CT molecular complexity index is 276. The monoisotopic (exact) mass is 253 g/mol. The Hall–Kier alpha value is -0.610. The highest BCUT2D eigenvalue weighted by Gasteiger charge is 2.24. The van der Waals surface area contributed by atoms with Gasteiger partial charge in [-0.1, -0.05) is 6.92 Å². The van der Waals surface area contributed by atoms with Crippen LogP contribution in [0.3, 0.4) is 0 Å². The first-order valence-corrected chi connectivity index (χ1v) is 7.41. The number of carbonyl (C=O) groups excluding carboxylic acids is 1. The van der Waals surface area contributed by atoms with Gasteiger partial charge in [0.15, 0.2) is 0 Å². The van der Waals surface area contributed by atoms with E-state index < -0.39 is 0 Å². The summed E-state index contributed by atoms with van der Waals surface area (Å²) < 4.78 is 0. The summed E-state index contributed by atoms with van der Waals surface area (Å²) in [4.78, 5) is 14.5. The largest absolute Gasteiger partial charge is 0.351 e. The van der Waals surface area contributed by atoms with Crippen LogP contribution in [0.15, 0.2) is 0 Å². The third-order valence-electron chi connectivity index (χ3n) is 4.04. The molecule has 2 saturated heterocycles. The first kappa shape index (κ1) is 13.8. The highest BCUT2D eigenvalue weighted by Crippen LogP contribution is 2.15. The lowest BCUT2D eigenvalue weighted by molar-refractivity contribution is -0.123. The molecule has 2 rings (SSSR count). The minimum absolute atomic E-state index is 0.0488. The van der Waals surface area contributed by atoms with E-state index in [2.05, 4.69) is 29.4 Å². The van der Waals surface area contributed by atoms with Gasteiger partial charge in [-0.2, -0.15) is 0 Å². The molecular weight excluding hydrogens is 226 g/mol. The molecule has 0 aromatic carbocycles. The average molecular weight is 253 g/mol. The van der Waals surface area contributed by atoms with Crippen LogP contribution in [0, 0.1) is 5.92 Å². The van der Waals surface area contributed by atoms with Gasteiger partial charge in [-0.25, -0.2) is 0 Å². The molecule has 2 aliphatic rings. The Morgan fingerprint density at radius 1 is 1.44 bits per heavy atom. The van der Waals surface area contributed by atoms with Crippen LogP contribution in [-0.2, 0) is 4.79 Å². The molecule has 4 heteroatoms. The van der Waals surface area contributed by atoms with Crippen LogP contribution in [0.5, 0.6) is 0 Å². The molecule has 2 N–H and O–H groups in total. The molecule has 2 fully saturated rings. The Kier molecular flexibility index (Phi) is 5.01. The van der Waals surface area contributed by atoms with E-state index in [-0.39, 0.29) is 18.0 Å². The van der Waals surface area contributed by atoms with E-state index in [9.17, 15) is 4.79 Å². The fourth-order valence-corrected chi connectivity index (χ4v) is 3.14. The molecular formula is C14H27N3O. The molecule has 1 amide bonds. The number of nitrogens with zero attached hydrogens (tertiary/aromatic N) is 1. The van der Waals surface area contributed by atoms with Gasteiger partial charge in [0.05, 0.1) is 6.04 Å². The number of likely N-dealkylation sites (tertiary alicyclic amines) is 1. The van der Waals surface area contributed by atoms with Crippen LogP contribution < -0.4 is 10.6 Å². The fraction of sp³-hybridized carbons (Fsp3) is 0.929. The smallest absolute Gasteiger partial charge is 0.237 e. The second-order valence-corrected chi connectivity index (χ2v) is 6.07. The molecule has 18 heavy (non-hydrogen) atoms. The predicted molar refractivity (Wildman–Crippen MR) is 73.5 cm³/mol. The van der Waals surface area contributed by atoms with Gasteiger partial charge in [0, 0.05) is 19.1 Å². The van der Waals surface area contributed by atoms with E-state index in [0.29, 0.717) is 0 Å². The molecule has 0 bridgehead atoms. The fourth-order valence-electron chi connectivity index (χ4n) is 3.14. The summed E-state index contributed by atoms with van der Waals surface area (Å²) in [6.45, 7) is 8.77. The van der Waals surface area contributed by atoms with E-state index >= 15 is 0 Å². The number of nitrogens with one attached hydrogen (secondary N) is 2. The van der Waals surface area contributed by atoms with Crippen molar-refractivity contribution in [3.8, 4) is 0 Å². The van der Waals surface area contributed by atoms with Crippen LogP contribution in [0.1, 0.15) is 39.5 Å². The van der Waals surface area contributed by atoms with Gasteiger partial charge in [-0.05, 0) is 51.6 Å². The molecule has 3 atom stereocenters.